The fourth-order valence-electron chi connectivity index (χ4n) is 2.84. The Balaban J connectivity index is 1.77. The zero-order chi connectivity index (χ0) is 21.8. The number of hydrogen-bond donors (Lipinski definition) is 2. The highest BCUT2D eigenvalue weighted by Crippen LogP contribution is 2.32. The smallest absolute Gasteiger partial charge is 0.335 e. The highest BCUT2D eigenvalue weighted by Gasteiger charge is 2.18. The molecule has 2 aromatic carbocycles. The van der Waals surface area contributed by atoms with Crippen molar-refractivity contribution >= 4 is 29.2 Å². The third-order valence-electron chi connectivity index (χ3n) is 4.31. The lowest BCUT2D eigenvalue weighted by Crippen LogP contribution is -2.34. The van der Waals surface area contributed by atoms with Crippen LogP contribution in [0.3, 0.4) is 0 Å². The van der Waals surface area contributed by atoms with Gasteiger partial charge in [0.1, 0.15) is 6.42 Å². The molecular formula is C21H15ClF2N2O4. The summed E-state index contributed by atoms with van der Waals surface area (Å²) in [6.45, 7) is 0. The van der Waals surface area contributed by atoms with Crippen LogP contribution < -0.4 is 10.0 Å². The number of aromatic carboxylic acids is 1. The summed E-state index contributed by atoms with van der Waals surface area (Å²) in [5.41, 5.74) is 0.686. The van der Waals surface area contributed by atoms with Crippen molar-refractivity contribution in [2.24, 2.45) is 0 Å². The van der Waals surface area contributed by atoms with Gasteiger partial charge in [0.15, 0.2) is 6.20 Å². The number of nitrogens with zero attached hydrogens (tertiary/aromatic N) is 1. The highest BCUT2D eigenvalue weighted by atomic mass is 35.5. The van der Waals surface area contributed by atoms with Crippen LogP contribution in [0, 0.1) is 5.21 Å². The molecule has 0 fully saturated rings. The third kappa shape index (κ3) is 4.90. The van der Waals surface area contributed by atoms with E-state index in [4.69, 9.17) is 16.7 Å². The first-order valence-electron chi connectivity index (χ1n) is 8.68. The van der Waals surface area contributed by atoms with Crippen LogP contribution in [-0.2, 0) is 11.2 Å². The van der Waals surface area contributed by atoms with E-state index in [1.165, 1.54) is 54.6 Å². The van der Waals surface area contributed by atoms with Crippen molar-refractivity contribution in [2.45, 2.75) is 12.8 Å². The number of pyridine rings is 1. The first-order chi connectivity index (χ1) is 14.2. The second-order valence-electron chi connectivity index (χ2n) is 6.37. The Bertz CT molecular complexity index is 1100. The van der Waals surface area contributed by atoms with Gasteiger partial charge in [0.05, 0.1) is 5.56 Å². The van der Waals surface area contributed by atoms with Crippen molar-refractivity contribution in [3.05, 3.63) is 87.8 Å². The maximum Gasteiger partial charge on any atom is 0.335 e. The van der Waals surface area contributed by atoms with E-state index in [-0.39, 0.29) is 39.4 Å². The third-order valence-corrected chi connectivity index (χ3v) is 4.55. The number of carbonyl (C=O) groups is 2. The summed E-state index contributed by atoms with van der Waals surface area (Å²) in [5, 5.41) is 24.0. The monoisotopic (exact) mass is 432 g/mol. The molecule has 0 bridgehead atoms. The van der Waals surface area contributed by atoms with E-state index < -0.39 is 18.3 Å². The Labute approximate surface area is 174 Å². The number of carboxylic acid groups (broad SMARTS) is 1. The van der Waals surface area contributed by atoms with Crippen molar-refractivity contribution in [3.8, 4) is 11.1 Å². The molecule has 2 N–H and O–H groups in total. The van der Waals surface area contributed by atoms with E-state index in [0.717, 1.165) is 6.20 Å². The molecule has 0 saturated heterocycles. The molecule has 1 heterocycles. The number of carboxylic acids is 1. The molecule has 0 radical (unpaired) electrons. The normalized spacial score (nSPS) is 10.8. The average molecular weight is 433 g/mol. The second-order valence-corrected chi connectivity index (χ2v) is 6.81. The van der Waals surface area contributed by atoms with Gasteiger partial charge in [0.25, 0.3) is 6.43 Å². The number of hydrogen-bond acceptors (Lipinski definition) is 3. The van der Waals surface area contributed by atoms with Gasteiger partial charge in [-0.05, 0) is 48.0 Å². The molecule has 6 nitrogen and oxygen atoms in total. The van der Waals surface area contributed by atoms with Crippen LogP contribution in [0.15, 0.2) is 60.8 Å². The van der Waals surface area contributed by atoms with Crippen LogP contribution in [0.25, 0.3) is 11.1 Å². The molecule has 30 heavy (non-hydrogen) atoms. The predicted molar refractivity (Wildman–Crippen MR) is 107 cm³/mol. The lowest BCUT2D eigenvalue weighted by atomic mass is 10.0. The SMILES string of the molecule is O=C(Cc1ccc(-c2cc(Cl)ccc2C(F)F)c[n+]1[O-])Nc1ccc(C(=O)O)cc1. The Morgan fingerprint density at radius 3 is 2.40 bits per heavy atom. The van der Waals surface area contributed by atoms with E-state index in [2.05, 4.69) is 5.32 Å². The van der Waals surface area contributed by atoms with Gasteiger partial charge in [0, 0.05) is 27.9 Å². The number of rotatable bonds is 6. The number of anilines is 1. The molecule has 0 saturated carbocycles. The number of alkyl halides is 2. The lowest BCUT2D eigenvalue weighted by Gasteiger charge is -2.11. The number of nitrogens with one attached hydrogen (secondary N) is 1. The molecule has 0 unspecified atom stereocenters. The molecule has 0 atom stereocenters. The quantitative estimate of drug-likeness (QED) is 0.444. The summed E-state index contributed by atoms with van der Waals surface area (Å²) in [6.07, 6.45) is -1.89. The van der Waals surface area contributed by atoms with Gasteiger partial charge < -0.3 is 15.6 Å². The summed E-state index contributed by atoms with van der Waals surface area (Å²) < 4.78 is 27.0. The van der Waals surface area contributed by atoms with Gasteiger partial charge in [0.2, 0.25) is 11.6 Å². The molecular weight excluding hydrogens is 418 g/mol. The standard InChI is InChI=1S/C21H15ClF2N2O4/c22-14-4-8-17(20(23)24)18(9-14)13-3-7-16(26(30)11-13)10-19(27)25-15-5-1-12(2-6-15)21(28)29/h1-9,11,20H,10H2,(H,25,27)(H,28,29). The minimum atomic E-state index is -2.74. The lowest BCUT2D eigenvalue weighted by molar-refractivity contribution is -0.612. The van der Waals surface area contributed by atoms with E-state index >= 15 is 0 Å². The second kappa shape index (κ2) is 8.87. The van der Waals surface area contributed by atoms with Crippen LogP contribution in [0.4, 0.5) is 14.5 Å². The van der Waals surface area contributed by atoms with Gasteiger partial charge in [-0.25, -0.2) is 13.6 Å². The molecule has 154 valence electrons. The van der Waals surface area contributed by atoms with Crippen molar-refractivity contribution in [2.75, 3.05) is 5.32 Å². The predicted octanol–water partition coefficient (Wildman–Crippen LogP) is 4.46. The van der Waals surface area contributed by atoms with Gasteiger partial charge >= 0.3 is 5.97 Å². The molecule has 1 aromatic heterocycles. The van der Waals surface area contributed by atoms with E-state index in [9.17, 15) is 23.6 Å². The molecule has 3 rings (SSSR count). The first kappa shape index (κ1) is 21.2. The molecule has 0 aliphatic heterocycles. The summed E-state index contributed by atoms with van der Waals surface area (Å²) >= 11 is 5.90. The maximum atomic E-state index is 13.3. The Kier molecular flexibility index (Phi) is 6.27. The van der Waals surface area contributed by atoms with Crippen LogP contribution >= 0.6 is 11.6 Å². The molecule has 0 aliphatic carbocycles. The number of carbonyl (C=O) groups excluding carboxylic acids is 1. The summed E-state index contributed by atoms with van der Waals surface area (Å²) in [7, 11) is 0. The van der Waals surface area contributed by atoms with Crippen LogP contribution in [0.5, 0.6) is 0 Å². The fourth-order valence-corrected chi connectivity index (χ4v) is 3.01. The van der Waals surface area contributed by atoms with Gasteiger partial charge in [-0.3, -0.25) is 4.79 Å². The summed E-state index contributed by atoms with van der Waals surface area (Å²) in [4.78, 5) is 23.0. The van der Waals surface area contributed by atoms with Crippen molar-refractivity contribution in [3.63, 3.8) is 0 Å². The van der Waals surface area contributed by atoms with Crippen molar-refractivity contribution in [1.29, 1.82) is 0 Å². The number of amides is 1. The summed E-state index contributed by atoms with van der Waals surface area (Å²) in [6, 6.07) is 12.3. The molecule has 0 aliphatic rings. The van der Waals surface area contributed by atoms with Gasteiger partial charge in [-0.15, -0.1) is 0 Å². The largest absolute Gasteiger partial charge is 0.618 e. The Morgan fingerprint density at radius 2 is 1.80 bits per heavy atom. The van der Waals surface area contributed by atoms with E-state index in [1.54, 1.807) is 0 Å². The Hall–Kier alpha value is -3.52. The van der Waals surface area contributed by atoms with Crippen LogP contribution in [-0.4, -0.2) is 17.0 Å². The van der Waals surface area contributed by atoms with Crippen LogP contribution in [0.2, 0.25) is 5.02 Å². The molecule has 9 heteroatoms. The van der Waals surface area contributed by atoms with Crippen molar-refractivity contribution < 1.29 is 28.2 Å². The number of aromatic nitrogens is 1. The molecule has 1 amide bonds. The van der Waals surface area contributed by atoms with Gasteiger partial charge in [-0.2, -0.15) is 4.73 Å². The minimum Gasteiger partial charge on any atom is -0.618 e. The fraction of sp³-hybridized carbons (Fsp3) is 0.0952. The maximum absolute atomic E-state index is 13.3. The highest BCUT2D eigenvalue weighted by molar-refractivity contribution is 6.30. The topological polar surface area (TPSA) is 93.3 Å². The average Bonchev–Trinajstić information content (AvgIpc) is 2.69. The Morgan fingerprint density at radius 1 is 1.10 bits per heavy atom. The number of halogens is 3. The van der Waals surface area contributed by atoms with Crippen LogP contribution in [0.1, 0.15) is 28.0 Å². The van der Waals surface area contributed by atoms with Gasteiger partial charge in [-0.1, -0.05) is 17.7 Å². The first-order valence-corrected chi connectivity index (χ1v) is 9.05. The molecule has 3 aromatic rings. The zero-order valence-electron chi connectivity index (χ0n) is 15.3. The summed E-state index contributed by atoms with van der Waals surface area (Å²) in [5.74, 6) is -1.58. The zero-order valence-corrected chi connectivity index (χ0v) is 16.1. The van der Waals surface area contributed by atoms with E-state index in [0.29, 0.717) is 10.4 Å². The number of benzene rings is 2. The minimum absolute atomic E-state index is 0.0742. The molecule has 0 spiro atoms. The van der Waals surface area contributed by atoms with E-state index in [1.807, 2.05) is 0 Å². The van der Waals surface area contributed by atoms with Crippen molar-refractivity contribution in [1.82, 2.24) is 0 Å².